The van der Waals surface area contributed by atoms with Crippen LogP contribution in [0.5, 0.6) is 17.2 Å². The number of carbonyl (C=O) groups is 1. The smallest absolute Gasteiger partial charge is 0.407 e. The predicted octanol–water partition coefficient (Wildman–Crippen LogP) is 7.91. The van der Waals surface area contributed by atoms with Crippen molar-refractivity contribution in [3.05, 3.63) is 149 Å². The number of methoxy groups -OCH3 is 2. The van der Waals surface area contributed by atoms with Crippen molar-refractivity contribution in [1.29, 1.82) is 0 Å². The normalized spacial score (nSPS) is 12.5. The number of hydrogen-bond donors (Lipinski definition) is 1. The van der Waals surface area contributed by atoms with Gasteiger partial charge in [-0.15, -0.1) is 0 Å². The highest BCUT2D eigenvalue weighted by Crippen LogP contribution is 2.44. The van der Waals surface area contributed by atoms with E-state index in [9.17, 15) is 4.79 Å². The monoisotopic (exact) mass is 571 g/mol. The zero-order valence-electron chi connectivity index (χ0n) is 24.2. The molecule has 1 amide bonds. The number of alkyl carbamates (subject to hydrolysis) is 1. The molecular formula is C37H33NO5. The van der Waals surface area contributed by atoms with Crippen molar-refractivity contribution in [2.45, 2.75) is 18.6 Å². The summed E-state index contributed by atoms with van der Waals surface area (Å²) in [7, 11) is 3.21. The molecule has 216 valence electrons. The Kier molecular flexibility index (Phi) is 8.27. The number of benzene rings is 5. The van der Waals surface area contributed by atoms with Gasteiger partial charge >= 0.3 is 6.09 Å². The van der Waals surface area contributed by atoms with E-state index in [2.05, 4.69) is 29.6 Å². The lowest BCUT2D eigenvalue weighted by molar-refractivity contribution is 0.140. The predicted molar refractivity (Wildman–Crippen MR) is 167 cm³/mol. The maximum Gasteiger partial charge on any atom is 0.407 e. The lowest BCUT2D eigenvalue weighted by Gasteiger charge is -2.23. The second-order valence-electron chi connectivity index (χ2n) is 10.4. The minimum Gasteiger partial charge on any atom is -0.497 e. The van der Waals surface area contributed by atoms with Crippen LogP contribution in [0.25, 0.3) is 11.1 Å². The van der Waals surface area contributed by atoms with E-state index in [0.29, 0.717) is 18.1 Å². The first-order valence-electron chi connectivity index (χ1n) is 14.2. The fourth-order valence-corrected chi connectivity index (χ4v) is 5.65. The number of ether oxygens (including phenoxy) is 4. The van der Waals surface area contributed by atoms with E-state index in [-0.39, 0.29) is 12.5 Å². The Morgan fingerprint density at radius 2 is 1.35 bits per heavy atom. The zero-order chi connectivity index (χ0) is 29.6. The summed E-state index contributed by atoms with van der Waals surface area (Å²) in [6.45, 7) is 0.687. The molecule has 6 heteroatoms. The summed E-state index contributed by atoms with van der Waals surface area (Å²) in [6.07, 6.45) is -0.519. The Labute approximate surface area is 251 Å². The molecule has 1 unspecified atom stereocenters. The van der Waals surface area contributed by atoms with E-state index in [1.54, 1.807) is 20.3 Å². The van der Waals surface area contributed by atoms with Gasteiger partial charge < -0.3 is 24.3 Å². The molecule has 1 N–H and O–H groups in total. The molecule has 0 heterocycles. The van der Waals surface area contributed by atoms with Crippen molar-refractivity contribution in [2.24, 2.45) is 0 Å². The second-order valence-corrected chi connectivity index (χ2v) is 10.4. The molecule has 1 aliphatic carbocycles. The summed E-state index contributed by atoms with van der Waals surface area (Å²) >= 11 is 0. The van der Waals surface area contributed by atoms with Crippen LogP contribution in [0.2, 0.25) is 0 Å². The Balaban J connectivity index is 1.22. The molecule has 43 heavy (non-hydrogen) atoms. The summed E-state index contributed by atoms with van der Waals surface area (Å²) in [4.78, 5) is 13.4. The second kappa shape index (κ2) is 12.7. The molecule has 0 bridgehead atoms. The molecule has 0 aliphatic heterocycles. The van der Waals surface area contributed by atoms with Gasteiger partial charge in [0.1, 0.15) is 30.5 Å². The molecule has 0 saturated carbocycles. The summed E-state index contributed by atoms with van der Waals surface area (Å²) in [5, 5.41) is 3.09. The maximum atomic E-state index is 13.4. The van der Waals surface area contributed by atoms with Gasteiger partial charge in [-0.2, -0.15) is 0 Å². The standard InChI is InChI=1S/C37H33NO5/c1-40-28-20-21-33(35(22-28)41-2)36(26-16-18-27(19-17-26)42-23-25-10-4-3-5-11-25)38-37(39)43-24-34-31-14-8-6-12-29(31)30-13-7-9-15-32(30)34/h3-22,34,36H,23-24H2,1-2H3,(H,38,39). The largest absolute Gasteiger partial charge is 0.497 e. The first-order chi connectivity index (χ1) is 21.1. The van der Waals surface area contributed by atoms with Gasteiger partial charge in [0.15, 0.2) is 0 Å². The van der Waals surface area contributed by atoms with Crippen LogP contribution in [0, 0.1) is 0 Å². The number of fused-ring (bicyclic) bond motifs is 3. The van der Waals surface area contributed by atoms with E-state index in [4.69, 9.17) is 18.9 Å². The lowest BCUT2D eigenvalue weighted by atomic mass is 9.97. The quantitative estimate of drug-likeness (QED) is 0.185. The van der Waals surface area contributed by atoms with Crippen LogP contribution in [-0.2, 0) is 11.3 Å². The molecule has 6 nitrogen and oxygen atoms in total. The zero-order valence-corrected chi connectivity index (χ0v) is 24.2. The summed E-state index contributed by atoms with van der Waals surface area (Å²) < 4.78 is 23.0. The SMILES string of the molecule is COc1ccc(C(NC(=O)OCC2c3ccccc3-c3ccccc32)c2ccc(OCc3ccccc3)cc2)c(OC)c1. The summed E-state index contributed by atoms with van der Waals surface area (Å²) in [5.74, 6) is 1.94. The van der Waals surface area contributed by atoms with Crippen molar-refractivity contribution in [3.8, 4) is 28.4 Å². The van der Waals surface area contributed by atoms with Crippen LogP contribution >= 0.6 is 0 Å². The summed E-state index contributed by atoms with van der Waals surface area (Å²) in [6, 6.07) is 39.3. The Hall–Kier alpha value is -5.23. The highest BCUT2D eigenvalue weighted by Gasteiger charge is 2.30. The van der Waals surface area contributed by atoms with E-state index >= 15 is 0 Å². The van der Waals surface area contributed by atoms with Crippen LogP contribution in [0.3, 0.4) is 0 Å². The highest BCUT2D eigenvalue weighted by atomic mass is 16.5. The molecule has 0 saturated heterocycles. The third kappa shape index (κ3) is 6.04. The Morgan fingerprint density at radius 3 is 2.00 bits per heavy atom. The van der Waals surface area contributed by atoms with Crippen molar-refractivity contribution in [3.63, 3.8) is 0 Å². The third-order valence-electron chi connectivity index (χ3n) is 7.82. The highest BCUT2D eigenvalue weighted by molar-refractivity contribution is 5.79. The number of rotatable bonds is 10. The topological polar surface area (TPSA) is 66.0 Å². The molecule has 1 aliphatic rings. The van der Waals surface area contributed by atoms with Crippen LogP contribution in [-0.4, -0.2) is 26.9 Å². The van der Waals surface area contributed by atoms with Gasteiger partial charge in [-0.3, -0.25) is 0 Å². The van der Waals surface area contributed by atoms with E-state index in [1.807, 2.05) is 91.0 Å². The fourth-order valence-electron chi connectivity index (χ4n) is 5.65. The van der Waals surface area contributed by atoms with Crippen LogP contribution in [0.1, 0.15) is 39.8 Å². The van der Waals surface area contributed by atoms with Gasteiger partial charge in [-0.25, -0.2) is 4.79 Å². The molecular weight excluding hydrogens is 538 g/mol. The first kappa shape index (κ1) is 27.9. The van der Waals surface area contributed by atoms with Crippen LogP contribution < -0.4 is 19.5 Å². The molecule has 0 fully saturated rings. The van der Waals surface area contributed by atoms with Crippen LogP contribution in [0.15, 0.2) is 121 Å². The summed E-state index contributed by atoms with van der Waals surface area (Å²) in [5.41, 5.74) is 7.40. The minimum absolute atomic E-state index is 0.0341. The first-order valence-corrected chi connectivity index (χ1v) is 14.2. The van der Waals surface area contributed by atoms with Crippen molar-refractivity contribution in [1.82, 2.24) is 5.32 Å². The molecule has 5 aromatic carbocycles. The third-order valence-corrected chi connectivity index (χ3v) is 7.82. The lowest BCUT2D eigenvalue weighted by Crippen LogP contribution is -2.31. The molecule has 0 aromatic heterocycles. The van der Waals surface area contributed by atoms with Crippen molar-refractivity contribution >= 4 is 6.09 Å². The molecule has 0 radical (unpaired) electrons. The van der Waals surface area contributed by atoms with Gasteiger partial charge in [0, 0.05) is 17.5 Å². The van der Waals surface area contributed by atoms with Gasteiger partial charge in [0.25, 0.3) is 0 Å². The molecule has 1 atom stereocenters. The van der Waals surface area contributed by atoms with Crippen molar-refractivity contribution in [2.75, 3.05) is 20.8 Å². The van der Waals surface area contributed by atoms with E-state index < -0.39 is 12.1 Å². The van der Waals surface area contributed by atoms with Gasteiger partial charge in [-0.05, 0) is 57.6 Å². The average molecular weight is 572 g/mol. The number of amides is 1. The number of hydrogen-bond acceptors (Lipinski definition) is 5. The number of nitrogens with one attached hydrogen (secondary N) is 1. The average Bonchev–Trinajstić information content (AvgIpc) is 3.39. The van der Waals surface area contributed by atoms with Gasteiger partial charge in [0.05, 0.1) is 20.3 Å². The van der Waals surface area contributed by atoms with Crippen molar-refractivity contribution < 1.29 is 23.7 Å². The molecule has 5 aromatic rings. The molecule has 6 rings (SSSR count). The van der Waals surface area contributed by atoms with E-state index in [0.717, 1.165) is 33.6 Å². The Bertz CT molecular complexity index is 1660. The Morgan fingerprint density at radius 1 is 0.721 bits per heavy atom. The maximum absolute atomic E-state index is 13.4. The van der Waals surface area contributed by atoms with Gasteiger partial charge in [0.2, 0.25) is 0 Å². The van der Waals surface area contributed by atoms with E-state index in [1.165, 1.54) is 11.1 Å². The fraction of sp³-hybridized carbons (Fsp3) is 0.162. The number of carbonyl (C=O) groups excluding carboxylic acids is 1. The van der Waals surface area contributed by atoms with Crippen LogP contribution in [0.4, 0.5) is 4.79 Å². The minimum atomic E-state index is -0.542. The molecule has 0 spiro atoms. The van der Waals surface area contributed by atoms with Gasteiger partial charge in [-0.1, -0.05) is 91.0 Å².